The number of hydrogen-bond acceptors (Lipinski definition) is 4. The van der Waals surface area contributed by atoms with Crippen LogP contribution in [0.3, 0.4) is 0 Å². The summed E-state index contributed by atoms with van der Waals surface area (Å²) >= 11 is 0. The lowest BCUT2D eigenvalue weighted by Gasteiger charge is -2.35. The molecule has 0 radical (unpaired) electrons. The van der Waals surface area contributed by atoms with Gasteiger partial charge in [0.05, 0.1) is 0 Å². The highest BCUT2D eigenvalue weighted by atomic mass is 35.7. The Morgan fingerprint density at radius 2 is 1.56 bits per heavy atom. The van der Waals surface area contributed by atoms with Crippen molar-refractivity contribution < 1.29 is 18.0 Å². The summed E-state index contributed by atoms with van der Waals surface area (Å²) in [7, 11) is 1.33. The highest BCUT2D eigenvalue weighted by Crippen LogP contribution is 2.67. The van der Waals surface area contributed by atoms with Gasteiger partial charge in [-0.05, 0) is 12.8 Å². The van der Waals surface area contributed by atoms with Crippen LogP contribution in [0.5, 0.6) is 0 Å². The van der Waals surface area contributed by atoms with Crippen LogP contribution in [0, 0.1) is 10.8 Å². The summed E-state index contributed by atoms with van der Waals surface area (Å²) < 4.78 is 21.7. The lowest BCUT2D eigenvalue weighted by molar-refractivity contribution is -0.140. The molecule has 2 aliphatic carbocycles. The SMILES string of the molecule is CC12CCC(S(=O)(=O)Cl)(C(=O)C1=O)C2(C)C. The lowest BCUT2D eigenvalue weighted by atomic mass is 9.70. The van der Waals surface area contributed by atoms with Gasteiger partial charge < -0.3 is 0 Å². The van der Waals surface area contributed by atoms with E-state index >= 15 is 0 Å². The summed E-state index contributed by atoms with van der Waals surface area (Å²) in [4.78, 5) is 23.8. The fraction of sp³-hybridized carbons (Fsp3) is 0.800. The first-order valence-corrected chi connectivity index (χ1v) is 7.37. The second-order valence-corrected chi connectivity index (χ2v) is 8.17. The zero-order chi connectivity index (χ0) is 12.6. The molecular formula is C10H13ClO4S. The number of carbonyl (C=O) groups is 2. The van der Waals surface area contributed by atoms with Crippen molar-refractivity contribution in [2.75, 3.05) is 0 Å². The number of ketones is 2. The second kappa shape index (κ2) is 2.70. The number of carbonyl (C=O) groups excluding carboxylic acids is 2. The first-order valence-electron chi connectivity index (χ1n) is 5.06. The topological polar surface area (TPSA) is 68.3 Å². The maximum atomic E-state index is 11.9. The molecule has 2 saturated carbocycles. The van der Waals surface area contributed by atoms with Gasteiger partial charge in [-0.25, -0.2) is 8.42 Å². The van der Waals surface area contributed by atoms with E-state index in [1.165, 1.54) is 0 Å². The zero-order valence-corrected chi connectivity index (χ0v) is 10.9. The third-order valence-electron chi connectivity index (χ3n) is 4.86. The van der Waals surface area contributed by atoms with Gasteiger partial charge in [0.2, 0.25) is 20.6 Å². The molecule has 2 fully saturated rings. The van der Waals surface area contributed by atoms with Crippen LogP contribution in [0.25, 0.3) is 0 Å². The third kappa shape index (κ3) is 0.874. The molecule has 0 aromatic carbocycles. The zero-order valence-electron chi connectivity index (χ0n) is 9.33. The Hall–Kier alpha value is -0.420. The van der Waals surface area contributed by atoms with Crippen LogP contribution in [0.15, 0.2) is 0 Å². The van der Waals surface area contributed by atoms with Crippen molar-refractivity contribution in [3.8, 4) is 0 Å². The summed E-state index contributed by atoms with van der Waals surface area (Å²) in [5, 5.41) is 0. The fourth-order valence-corrected chi connectivity index (χ4v) is 5.78. The highest BCUT2D eigenvalue weighted by Gasteiger charge is 2.79. The Morgan fingerprint density at radius 1 is 1.06 bits per heavy atom. The van der Waals surface area contributed by atoms with E-state index in [-0.39, 0.29) is 6.42 Å². The van der Waals surface area contributed by atoms with Gasteiger partial charge in [-0.3, -0.25) is 9.59 Å². The van der Waals surface area contributed by atoms with Crippen LogP contribution in [-0.4, -0.2) is 24.7 Å². The molecule has 4 nitrogen and oxygen atoms in total. The van der Waals surface area contributed by atoms with Crippen molar-refractivity contribution in [2.24, 2.45) is 10.8 Å². The van der Waals surface area contributed by atoms with Gasteiger partial charge in [-0.15, -0.1) is 0 Å². The van der Waals surface area contributed by atoms with E-state index in [1.54, 1.807) is 20.8 Å². The molecule has 0 saturated heterocycles. The molecule has 2 rings (SSSR count). The normalized spacial score (nSPS) is 41.8. The summed E-state index contributed by atoms with van der Waals surface area (Å²) in [6.07, 6.45) is 0.545. The molecule has 0 aromatic heterocycles. The molecule has 0 aliphatic heterocycles. The predicted octanol–water partition coefficient (Wildman–Crippen LogP) is 1.27. The summed E-state index contributed by atoms with van der Waals surface area (Å²) in [5.41, 5.74) is -1.83. The van der Waals surface area contributed by atoms with Crippen LogP contribution in [0.2, 0.25) is 0 Å². The number of halogens is 1. The number of Topliss-reactive ketones (excluding diaryl/α,β-unsaturated/α-hetero) is 2. The largest absolute Gasteiger partial charge is 0.290 e. The molecule has 0 spiro atoms. The Morgan fingerprint density at radius 3 is 1.81 bits per heavy atom. The van der Waals surface area contributed by atoms with Crippen molar-refractivity contribution in [2.45, 2.75) is 38.4 Å². The van der Waals surface area contributed by atoms with Crippen LogP contribution < -0.4 is 0 Å². The van der Waals surface area contributed by atoms with Crippen LogP contribution in [0.1, 0.15) is 33.6 Å². The van der Waals surface area contributed by atoms with Crippen molar-refractivity contribution >= 4 is 31.3 Å². The van der Waals surface area contributed by atoms with E-state index in [1.807, 2.05) is 0 Å². The molecule has 16 heavy (non-hydrogen) atoms. The minimum Gasteiger partial charge on any atom is -0.290 e. The number of hydrogen-bond donors (Lipinski definition) is 0. The minimum absolute atomic E-state index is 0.146. The maximum Gasteiger partial charge on any atom is 0.246 e. The van der Waals surface area contributed by atoms with Crippen LogP contribution >= 0.6 is 10.7 Å². The predicted molar refractivity (Wildman–Crippen MR) is 58.6 cm³/mol. The van der Waals surface area contributed by atoms with E-state index < -0.39 is 36.2 Å². The molecule has 0 aromatic rings. The Kier molecular flexibility index (Phi) is 2.03. The molecular weight excluding hydrogens is 252 g/mol. The molecule has 0 amide bonds. The standard InChI is InChI=1S/C10H13ClO4S/c1-8(2)9(3)4-5-10(8,16(11,14)15)7(13)6(9)12/h4-5H2,1-3H3. The molecule has 90 valence electrons. The van der Waals surface area contributed by atoms with Crippen LogP contribution in [-0.2, 0) is 18.6 Å². The Labute approximate surface area is 98.8 Å². The molecule has 0 N–H and O–H groups in total. The molecule has 2 aliphatic rings. The maximum absolute atomic E-state index is 11.9. The van der Waals surface area contributed by atoms with Gasteiger partial charge in [0.25, 0.3) is 0 Å². The summed E-state index contributed by atoms with van der Waals surface area (Å²) in [5.74, 6) is -1.42. The smallest absolute Gasteiger partial charge is 0.246 e. The van der Waals surface area contributed by atoms with E-state index in [9.17, 15) is 18.0 Å². The van der Waals surface area contributed by atoms with Crippen LogP contribution in [0.4, 0.5) is 0 Å². The number of fused-ring (bicyclic) bond motifs is 2. The molecule has 2 bridgehead atoms. The fourth-order valence-electron chi connectivity index (χ4n) is 3.26. The van der Waals surface area contributed by atoms with E-state index in [0.29, 0.717) is 6.42 Å². The van der Waals surface area contributed by atoms with Gasteiger partial charge in [-0.1, -0.05) is 20.8 Å². The quantitative estimate of drug-likeness (QED) is 0.528. The molecule has 2 atom stereocenters. The van der Waals surface area contributed by atoms with Gasteiger partial charge in [0.1, 0.15) is 0 Å². The highest BCUT2D eigenvalue weighted by molar-refractivity contribution is 8.15. The summed E-state index contributed by atoms with van der Waals surface area (Å²) in [6.45, 7) is 4.94. The third-order valence-corrected chi connectivity index (χ3v) is 7.38. The van der Waals surface area contributed by atoms with Gasteiger partial charge in [0, 0.05) is 21.5 Å². The van der Waals surface area contributed by atoms with Gasteiger partial charge in [-0.2, -0.15) is 0 Å². The van der Waals surface area contributed by atoms with Crippen molar-refractivity contribution in [1.82, 2.24) is 0 Å². The Bertz CT molecular complexity index is 507. The van der Waals surface area contributed by atoms with Crippen molar-refractivity contribution in [3.63, 3.8) is 0 Å². The average molecular weight is 265 g/mol. The lowest BCUT2D eigenvalue weighted by Crippen LogP contribution is -2.49. The van der Waals surface area contributed by atoms with Gasteiger partial charge >= 0.3 is 0 Å². The number of rotatable bonds is 1. The Balaban J connectivity index is 2.84. The van der Waals surface area contributed by atoms with E-state index in [4.69, 9.17) is 10.7 Å². The van der Waals surface area contributed by atoms with Crippen molar-refractivity contribution in [3.05, 3.63) is 0 Å². The molecule has 2 unspecified atom stereocenters. The minimum atomic E-state index is -4.10. The van der Waals surface area contributed by atoms with Crippen molar-refractivity contribution in [1.29, 1.82) is 0 Å². The molecule has 6 heteroatoms. The summed E-state index contributed by atoms with van der Waals surface area (Å²) in [6, 6.07) is 0. The molecule has 0 heterocycles. The first kappa shape index (κ1) is 12.0. The van der Waals surface area contributed by atoms with Gasteiger partial charge in [0.15, 0.2) is 4.75 Å². The average Bonchev–Trinajstić information content (AvgIpc) is 2.38. The van der Waals surface area contributed by atoms with E-state index in [0.717, 1.165) is 0 Å². The van der Waals surface area contributed by atoms with E-state index in [2.05, 4.69) is 0 Å². The monoisotopic (exact) mass is 264 g/mol. The second-order valence-electron chi connectivity index (χ2n) is 5.38. The first-order chi connectivity index (χ1) is 7.02.